The first-order valence-electron chi connectivity index (χ1n) is 19.3. The van der Waals surface area contributed by atoms with Crippen LogP contribution in [0.15, 0.2) is 54.7 Å². The van der Waals surface area contributed by atoms with Crippen molar-refractivity contribution in [3.8, 4) is 0 Å². The van der Waals surface area contributed by atoms with Crippen molar-refractivity contribution in [1.29, 1.82) is 0 Å². The van der Waals surface area contributed by atoms with E-state index in [1.165, 1.54) is 32.3 Å². The summed E-state index contributed by atoms with van der Waals surface area (Å²) in [5.74, 6) is -0.892. The zero-order valence-corrected chi connectivity index (χ0v) is 33.9. The Labute approximate surface area is 331 Å². The van der Waals surface area contributed by atoms with Gasteiger partial charge in [-0.15, -0.1) is 0 Å². The average molecular weight is 768 g/mol. The fraction of sp³-hybridized carbons (Fsp3) is 0.326. The molecule has 1 unspecified atom stereocenters. The molecule has 0 spiro atoms. The van der Waals surface area contributed by atoms with Crippen LogP contribution in [0, 0.1) is 13.8 Å². The molecule has 11 heteroatoms. The normalized spacial score (nSPS) is 13.3. The van der Waals surface area contributed by atoms with Crippen molar-refractivity contribution in [1.82, 2.24) is 24.9 Å². The minimum atomic E-state index is -0.305. The van der Waals surface area contributed by atoms with E-state index in [0.717, 1.165) is 94.9 Å². The van der Waals surface area contributed by atoms with Crippen molar-refractivity contribution in [2.45, 2.75) is 79.1 Å². The molecule has 0 radical (unpaired) electrons. The standard InChI is InChI=1S/C46H49N5O6/c1-24-30(14-17-44(53)56-7)40-22-41-31(15-18-45(54)57-8)25(2)36(49-41)20-39-29(13-16-43(52)55-6)26(3)37(50-39)21-42-46(28(5)38(51-42)19-35(24)48-40)27(4)33-23-47-34-12-10-9-11-32(33)34/h9-12,19-23,27,47,49,51H,13-18H2,1-8H3. The summed E-state index contributed by atoms with van der Waals surface area (Å²) < 4.78 is 15.1. The van der Waals surface area contributed by atoms with E-state index < -0.39 is 0 Å². The monoisotopic (exact) mass is 767 g/mol. The smallest absolute Gasteiger partial charge is 0.305 e. The number of esters is 3. The van der Waals surface area contributed by atoms with E-state index in [4.69, 9.17) is 24.2 Å². The number of aryl methyl sites for hydroxylation is 3. The molecule has 6 heterocycles. The van der Waals surface area contributed by atoms with Crippen LogP contribution >= 0.6 is 0 Å². The Bertz CT molecular complexity index is 2670. The van der Waals surface area contributed by atoms with Crippen molar-refractivity contribution in [3.63, 3.8) is 0 Å². The lowest BCUT2D eigenvalue weighted by molar-refractivity contribution is -0.141. The molecule has 0 aliphatic carbocycles. The van der Waals surface area contributed by atoms with E-state index in [2.05, 4.69) is 72.3 Å². The van der Waals surface area contributed by atoms with E-state index in [1.807, 2.05) is 32.0 Å². The lowest BCUT2D eigenvalue weighted by Gasteiger charge is -2.12. The van der Waals surface area contributed by atoms with E-state index >= 15 is 0 Å². The van der Waals surface area contributed by atoms with Crippen molar-refractivity contribution in [2.75, 3.05) is 21.3 Å². The number of carbonyl (C=O) groups is 3. The zero-order chi connectivity index (χ0) is 40.5. The number of benzene rings is 1. The van der Waals surface area contributed by atoms with E-state index in [0.29, 0.717) is 19.3 Å². The molecule has 2 aliphatic heterocycles. The Morgan fingerprint density at radius 2 is 1.11 bits per heavy atom. The molecule has 8 bridgehead atoms. The predicted molar refractivity (Wildman–Crippen MR) is 224 cm³/mol. The molecule has 294 valence electrons. The van der Waals surface area contributed by atoms with Gasteiger partial charge in [0.1, 0.15) is 0 Å². The lowest BCUT2D eigenvalue weighted by Crippen LogP contribution is -2.02. The van der Waals surface area contributed by atoms with Crippen LogP contribution in [0.3, 0.4) is 0 Å². The van der Waals surface area contributed by atoms with Gasteiger partial charge in [-0.3, -0.25) is 14.4 Å². The van der Waals surface area contributed by atoms with Gasteiger partial charge in [0.15, 0.2) is 0 Å². The quantitative estimate of drug-likeness (QED) is 0.0888. The Hall–Kier alpha value is -6.23. The van der Waals surface area contributed by atoms with Gasteiger partial charge in [0.05, 0.1) is 44.1 Å². The first kappa shape index (κ1) is 39.0. The Balaban J connectivity index is 1.56. The summed E-state index contributed by atoms with van der Waals surface area (Å²) in [6.45, 7) is 10.5. The van der Waals surface area contributed by atoms with Crippen molar-refractivity contribution in [2.24, 2.45) is 0 Å². The van der Waals surface area contributed by atoms with Crippen LogP contribution in [0.5, 0.6) is 0 Å². The maximum absolute atomic E-state index is 12.4. The zero-order valence-electron chi connectivity index (χ0n) is 33.9. The van der Waals surface area contributed by atoms with Crippen LogP contribution < -0.4 is 0 Å². The summed E-state index contributed by atoms with van der Waals surface area (Å²) in [6, 6.07) is 16.6. The molecular formula is C46H49N5O6. The van der Waals surface area contributed by atoms with Gasteiger partial charge in [-0.2, -0.15) is 0 Å². The van der Waals surface area contributed by atoms with Crippen LogP contribution in [-0.2, 0) is 35.0 Å². The number of fused-ring (bicyclic) bond motifs is 9. The number of rotatable bonds is 11. The number of hydrogen-bond acceptors (Lipinski definition) is 8. The number of para-hydroxylation sites is 1. The lowest BCUT2D eigenvalue weighted by atomic mass is 9.90. The van der Waals surface area contributed by atoms with E-state index in [-0.39, 0.29) is 43.1 Å². The van der Waals surface area contributed by atoms with Gasteiger partial charge in [-0.05, 0) is 127 Å². The minimum Gasteiger partial charge on any atom is -0.469 e. The highest BCUT2D eigenvalue weighted by molar-refractivity contribution is 5.96. The summed E-state index contributed by atoms with van der Waals surface area (Å²) in [6.07, 6.45) is 4.03. The number of H-pyrrole nitrogens is 3. The second-order valence-electron chi connectivity index (χ2n) is 14.8. The molecule has 57 heavy (non-hydrogen) atoms. The molecule has 0 fully saturated rings. The fourth-order valence-corrected chi connectivity index (χ4v) is 8.29. The highest BCUT2D eigenvalue weighted by atomic mass is 16.5. The second-order valence-corrected chi connectivity index (χ2v) is 14.8. The third kappa shape index (κ3) is 7.54. The van der Waals surface area contributed by atoms with Crippen LogP contribution in [0.25, 0.3) is 55.3 Å². The molecule has 1 aromatic carbocycles. The van der Waals surface area contributed by atoms with Crippen LogP contribution in [0.2, 0.25) is 0 Å². The molecule has 3 N–H and O–H groups in total. The van der Waals surface area contributed by atoms with Gasteiger partial charge in [0, 0.05) is 64.3 Å². The first-order chi connectivity index (χ1) is 27.4. The van der Waals surface area contributed by atoms with Crippen molar-refractivity contribution in [3.05, 3.63) is 105 Å². The van der Waals surface area contributed by atoms with E-state index in [1.54, 1.807) is 0 Å². The SMILES string of the molecule is COC(=O)CCC1=C(C)c2cc3[nH]c(cc4nc(cc5[nH]c(cc1n2)c(C)c5CCC(=O)OC)C(CCC(=O)OC)=C4C)c(C)c3C(C)c1c[nH]c2ccccc12. The molecule has 7 rings (SSSR count). The average Bonchev–Trinajstić information content (AvgIpc) is 3.99. The summed E-state index contributed by atoms with van der Waals surface area (Å²) in [4.78, 5) is 58.6. The Morgan fingerprint density at radius 3 is 1.70 bits per heavy atom. The van der Waals surface area contributed by atoms with Crippen molar-refractivity contribution < 1.29 is 28.6 Å². The largest absolute Gasteiger partial charge is 0.469 e. The van der Waals surface area contributed by atoms with Crippen LogP contribution in [0.4, 0.5) is 0 Å². The van der Waals surface area contributed by atoms with Gasteiger partial charge in [-0.25, -0.2) is 9.97 Å². The van der Waals surface area contributed by atoms with Gasteiger partial charge in [-0.1, -0.05) is 25.1 Å². The highest BCUT2D eigenvalue weighted by Gasteiger charge is 2.24. The van der Waals surface area contributed by atoms with Gasteiger partial charge in [0.25, 0.3) is 0 Å². The molecule has 0 amide bonds. The Kier molecular flexibility index (Phi) is 11.0. The number of hydrogen-bond donors (Lipinski definition) is 3. The topological polar surface area (TPSA) is 152 Å². The molecule has 0 saturated carbocycles. The highest BCUT2D eigenvalue weighted by Crippen LogP contribution is 2.40. The molecule has 5 aromatic rings. The molecule has 11 nitrogen and oxygen atoms in total. The number of ether oxygens (including phenoxy) is 3. The minimum absolute atomic E-state index is 0.00398. The number of nitrogens with one attached hydrogen (secondary N) is 3. The molecule has 0 saturated heterocycles. The van der Waals surface area contributed by atoms with Gasteiger partial charge >= 0.3 is 17.9 Å². The van der Waals surface area contributed by atoms with Crippen LogP contribution in [-0.4, -0.2) is 64.2 Å². The summed E-state index contributed by atoms with van der Waals surface area (Å²) in [7, 11) is 4.19. The second kappa shape index (κ2) is 16.1. The number of methoxy groups -OCH3 is 3. The van der Waals surface area contributed by atoms with Crippen LogP contribution in [0.1, 0.15) is 109 Å². The molecule has 4 aromatic heterocycles. The third-order valence-corrected chi connectivity index (χ3v) is 11.7. The number of aromatic amines is 3. The van der Waals surface area contributed by atoms with E-state index in [9.17, 15) is 14.4 Å². The fourth-order valence-electron chi connectivity index (χ4n) is 8.29. The number of carbonyl (C=O) groups excluding carboxylic acids is 3. The third-order valence-electron chi connectivity index (χ3n) is 11.7. The van der Waals surface area contributed by atoms with Crippen molar-refractivity contribution >= 4 is 73.2 Å². The molecule has 2 aliphatic rings. The summed E-state index contributed by atoms with van der Waals surface area (Å²) >= 11 is 0. The first-order valence-corrected chi connectivity index (χ1v) is 19.3. The maximum Gasteiger partial charge on any atom is 0.305 e. The number of aromatic nitrogens is 5. The summed E-state index contributed by atoms with van der Waals surface area (Å²) in [5.41, 5.74) is 16.8. The molecular weight excluding hydrogens is 719 g/mol. The summed E-state index contributed by atoms with van der Waals surface area (Å²) in [5, 5.41) is 1.17. The number of allylic oxidation sites excluding steroid dienone is 4. The molecule has 1 atom stereocenters. The Morgan fingerprint density at radius 1 is 0.614 bits per heavy atom. The van der Waals surface area contributed by atoms with Gasteiger partial charge in [0.2, 0.25) is 0 Å². The van der Waals surface area contributed by atoms with Gasteiger partial charge < -0.3 is 29.2 Å². The maximum atomic E-state index is 12.4. The number of nitrogens with zero attached hydrogens (tertiary/aromatic N) is 2. The predicted octanol–water partition coefficient (Wildman–Crippen LogP) is 9.44.